The predicted octanol–water partition coefficient (Wildman–Crippen LogP) is 2.05. The second-order valence-electron chi connectivity index (χ2n) is 3.84. The third kappa shape index (κ3) is 3.65. The molecule has 0 saturated carbocycles. The molecule has 1 aromatic heterocycles. The van der Waals surface area contributed by atoms with E-state index in [0.29, 0.717) is 16.3 Å². The van der Waals surface area contributed by atoms with Crippen molar-refractivity contribution in [3.05, 3.63) is 46.5 Å². The van der Waals surface area contributed by atoms with Crippen molar-refractivity contribution >= 4 is 22.4 Å². The third-order valence-corrected chi connectivity index (χ3v) is 2.99. The van der Waals surface area contributed by atoms with E-state index in [1.165, 1.54) is 11.3 Å². The van der Waals surface area contributed by atoms with E-state index in [4.69, 9.17) is 5.11 Å². The molecule has 4 nitrogen and oxygen atoms in total. The lowest BCUT2D eigenvalue weighted by atomic mass is 10.1. The first-order chi connectivity index (χ1) is 9.19. The minimum absolute atomic E-state index is 0.200. The fraction of sp³-hybridized carbons (Fsp3) is 0.143. The number of aromatic nitrogens is 1. The standard InChI is InChI=1S/C14H12N2O2S/c1-10-7-11(3-2-5-17)9-12(8-10)13(18)16-14-15-4-6-19-14/h4,6-9,17H,5H2,1H3,(H,15,16,18). The van der Waals surface area contributed by atoms with Crippen LogP contribution in [0, 0.1) is 18.8 Å². The topological polar surface area (TPSA) is 62.2 Å². The second-order valence-corrected chi connectivity index (χ2v) is 4.73. The molecule has 1 heterocycles. The van der Waals surface area contributed by atoms with Crippen molar-refractivity contribution in [1.82, 2.24) is 4.98 Å². The lowest BCUT2D eigenvalue weighted by molar-refractivity contribution is 0.102. The van der Waals surface area contributed by atoms with Gasteiger partial charge in [0.2, 0.25) is 0 Å². The van der Waals surface area contributed by atoms with E-state index in [1.807, 2.05) is 13.0 Å². The number of aryl methyl sites for hydroxylation is 1. The highest BCUT2D eigenvalue weighted by atomic mass is 32.1. The number of hydrogen-bond acceptors (Lipinski definition) is 4. The minimum atomic E-state index is -0.217. The molecular weight excluding hydrogens is 260 g/mol. The van der Waals surface area contributed by atoms with Gasteiger partial charge in [-0.05, 0) is 30.7 Å². The summed E-state index contributed by atoms with van der Waals surface area (Å²) < 4.78 is 0. The number of hydrogen-bond donors (Lipinski definition) is 2. The summed E-state index contributed by atoms with van der Waals surface area (Å²) in [5.74, 6) is 5.15. The molecule has 5 heteroatoms. The Hall–Kier alpha value is -2.16. The van der Waals surface area contributed by atoms with Gasteiger partial charge in [-0.25, -0.2) is 4.98 Å². The van der Waals surface area contributed by atoms with Gasteiger partial charge in [0.15, 0.2) is 5.13 Å². The van der Waals surface area contributed by atoms with Gasteiger partial charge in [0.05, 0.1) is 0 Å². The van der Waals surface area contributed by atoms with E-state index < -0.39 is 0 Å². The van der Waals surface area contributed by atoms with Crippen LogP contribution >= 0.6 is 11.3 Å². The molecule has 0 saturated heterocycles. The Labute approximate surface area is 115 Å². The number of aliphatic hydroxyl groups is 1. The summed E-state index contributed by atoms with van der Waals surface area (Å²) in [6.07, 6.45) is 1.63. The first-order valence-electron chi connectivity index (χ1n) is 5.61. The number of carbonyl (C=O) groups is 1. The first-order valence-corrected chi connectivity index (χ1v) is 6.49. The fourth-order valence-corrected chi connectivity index (χ4v) is 2.11. The number of amides is 1. The zero-order valence-electron chi connectivity index (χ0n) is 10.3. The van der Waals surface area contributed by atoms with Crippen molar-refractivity contribution in [2.45, 2.75) is 6.92 Å². The van der Waals surface area contributed by atoms with Crippen LogP contribution in [0.1, 0.15) is 21.5 Å². The van der Waals surface area contributed by atoms with Crippen molar-refractivity contribution < 1.29 is 9.90 Å². The lowest BCUT2D eigenvalue weighted by Crippen LogP contribution is -2.12. The average molecular weight is 272 g/mol. The van der Waals surface area contributed by atoms with Gasteiger partial charge < -0.3 is 5.11 Å². The molecule has 0 aliphatic carbocycles. The molecule has 0 spiro atoms. The van der Waals surface area contributed by atoms with Crippen LogP contribution in [0.25, 0.3) is 0 Å². The Balaban J connectivity index is 2.24. The zero-order chi connectivity index (χ0) is 13.7. The van der Waals surface area contributed by atoms with Crippen LogP contribution in [0.3, 0.4) is 0 Å². The van der Waals surface area contributed by atoms with Crippen LogP contribution in [0.2, 0.25) is 0 Å². The smallest absolute Gasteiger partial charge is 0.257 e. The summed E-state index contributed by atoms with van der Waals surface area (Å²) in [4.78, 5) is 16.0. The molecule has 0 bridgehead atoms. The average Bonchev–Trinajstić information content (AvgIpc) is 2.88. The third-order valence-electron chi connectivity index (χ3n) is 2.30. The van der Waals surface area contributed by atoms with Gasteiger partial charge in [0, 0.05) is 22.7 Å². The van der Waals surface area contributed by atoms with Crippen LogP contribution < -0.4 is 5.32 Å². The Morgan fingerprint density at radius 2 is 2.32 bits per heavy atom. The maximum absolute atomic E-state index is 12.0. The van der Waals surface area contributed by atoms with Crippen molar-refractivity contribution in [3.63, 3.8) is 0 Å². The number of nitrogens with one attached hydrogen (secondary N) is 1. The molecule has 0 atom stereocenters. The van der Waals surface area contributed by atoms with Gasteiger partial charge in [0.1, 0.15) is 6.61 Å². The zero-order valence-corrected chi connectivity index (χ0v) is 11.1. The van der Waals surface area contributed by atoms with Crippen LogP contribution in [-0.2, 0) is 0 Å². The highest BCUT2D eigenvalue weighted by molar-refractivity contribution is 7.13. The fourth-order valence-electron chi connectivity index (χ4n) is 1.58. The maximum atomic E-state index is 12.0. The Morgan fingerprint density at radius 3 is 3.00 bits per heavy atom. The number of anilines is 1. The highest BCUT2D eigenvalue weighted by Crippen LogP contribution is 2.14. The van der Waals surface area contributed by atoms with Gasteiger partial charge in [0.25, 0.3) is 5.91 Å². The SMILES string of the molecule is Cc1cc(C#CCO)cc(C(=O)Nc2nccs2)c1. The van der Waals surface area contributed by atoms with E-state index in [0.717, 1.165) is 5.56 Å². The predicted molar refractivity (Wildman–Crippen MR) is 75.2 cm³/mol. The van der Waals surface area contributed by atoms with Crippen LogP contribution in [0.4, 0.5) is 5.13 Å². The molecule has 96 valence electrons. The molecule has 1 amide bonds. The maximum Gasteiger partial charge on any atom is 0.257 e. The number of carbonyl (C=O) groups excluding carboxylic acids is 1. The van der Waals surface area contributed by atoms with Crippen LogP contribution in [-0.4, -0.2) is 22.6 Å². The molecule has 1 aromatic carbocycles. The molecule has 2 N–H and O–H groups in total. The Kier molecular flexibility index (Phi) is 4.29. The summed E-state index contributed by atoms with van der Waals surface area (Å²) >= 11 is 1.36. The monoisotopic (exact) mass is 272 g/mol. The van der Waals surface area contributed by atoms with E-state index in [9.17, 15) is 4.79 Å². The van der Waals surface area contributed by atoms with E-state index in [2.05, 4.69) is 22.1 Å². The first kappa shape index (κ1) is 13.3. The largest absolute Gasteiger partial charge is 0.384 e. The Morgan fingerprint density at radius 1 is 1.47 bits per heavy atom. The van der Waals surface area contributed by atoms with Crippen molar-refractivity contribution in [2.75, 3.05) is 11.9 Å². The molecule has 0 radical (unpaired) electrons. The van der Waals surface area contributed by atoms with E-state index in [1.54, 1.807) is 23.7 Å². The van der Waals surface area contributed by atoms with Gasteiger partial charge >= 0.3 is 0 Å². The van der Waals surface area contributed by atoms with Crippen LogP contribution in [0.15, 0.2) is 29.8 Å². The molecule has 2 rings (SSSR count). The second kappa shape index (κ2) is 6.14. The Bertz CT molecular complexity index is 639. The summed E-state index contributed by atoms with van der Waals surface area (Å²) in [5.41, 5.74) is 2.17. The summed E-state index contributed by atoms with van der Waals surface area (Å²) in [5, 5.41) is 13.8. The quantitative estimate of drug-likeness (QED) is 0.822. The molecule has 19 heavy (non-hydrogen) atoms. The van der Waals surface area contributed by atoms with Gasteiger partial charge in [-0.15, -0.1) is 11.3 Å². The van der Waals surface area contributed by atoms with Crippen molar-refractivity contribution in [1.29, 1.82) is 0 Å². The molecule has 0 aliphatic heterocycles. The minimum Gasteiger partial charge on any atom is -0.384 e. The van der Waals surface area contributed by atoms with Gasteiger partial charge in [-0.2, -0.15) is 0 Å². The van der Waals surface area contributed by atoms with E-state index >= 15 is 0 Å². The number of thiazole rings is 1. The summed E-state index contributed by atoms with van der Waals surface area (Å²) in [6.45, 7) is 1.69. The van der Waals surface area contributed by atoms with Gasteiger partial charge in [-0.3, -0.25) is 10.1 Å². The number of nitrogens with zero attached hydrogens (tertiary/aromatic N) is 1. The lowest BCUT2D eigenvalue weighted by Gasteiger charge is -2.04. The van der Waals surface area contributed by atoms with Crippen molar-refractivity contribution in [3.8, 4) is 11.8 Å². The summed E-state index contributed by atoms with van der Waals surface area (Å²) in [7, 11) is 0. The van der Waals surface area contributed by atoms with Crippen molar-refractivity contribution in [2.24, 2.45) is 0 Å². The highest BCUT2D eigenvalue weighted by Gasteiger charge is 2.08. The van der Waals surface area contributed by atoms with E-state index in [-0.39, 0.29) is 12.5 Å². The normalized spacial score (nSPS) is 9.58. The number of aliphatic hydroxyl groups excluding tert-OH is 1. The molecule has 0 fully saturated rings. The van der Waals surface area contributed by atoms with Gasteiger partial charge in [-0.1, -0.05) is 11.8 Å². The molecule has 0 aliphatic rings. The summed E-state index contributed by atoms with van der Waals surface area (Å²) in [6, 6.07) is 5.34. The number of benzene rings is 1. The number of rotatable bonds is 2. The molecule has 0 unspecified atom stereocenters. The van der Waals surface area contributed by atoms with Crippen LogP contribution in [0.5, 0.6) is 0 Å². The molecular formula is C14H12N2O2S. The molecule has 2 aromatic rings.